The van der Waals surface area contributed by atoms with Crippen LogP contribution in [0.1, 0.15) is 24.3 Å². The van der Waals surface area contributed by atoms with Crippen LogP contribution in [0.15, 0.2) is 10.4 Å². The van der Waals surface area contributed by atoms with Crippen molar-refractivity contribution in [1.29, 1.82) is 0 Å². The number of nitrogens with two attached hydrogens (primary N) is 1. The van der Waals surface area contributed by atoms with Crippen molar-refractivity contribution in [1.82, 2.24) is 9.29 Å². The van der Waals surface area contributed by atoms with Crippen molar-refractivity contribution < 1.29 is 8.42 Å². The third-order valence-corrected chi connectivity index (χ3v) is 6.59. The van der Waals surface area contributed by atoms with E-state index in [2.05, 4.69) is 4.98 Å². The van der Waals surface area contributed by atoms with Crippen molar-refractivity contribution in [2.24, 2.45) is 11.7 Å². The van der Waals surface area contributed by atoms with Crippen LogP contribution >= 0.6 is 11.3 Å². The second kappa shape index (κ2) is 5.64. The molecule has 1 fully saturated rings. The molecule has 1 aliphatic heterocycles. The van der Waals surface area contributed by atoms with Gasteiger partial charge in [0, 0.05) is 13.1 Å². The second-order valence-electron chi connectivity index (χ2n) is 4.62. The summed E-state index contributed by atoms with van der Waals surface area (Å²) in [5.74, 6) is 0.574. The van der Waals surface area contributed by atoms with Gasteiger partial charge < -0.3 is 5.73 Å². The Morgan fingerprint density at radius 2 is 2.17 bits per heavy atom. The molecule has 2 N–H and O–H groups in total. The van der Waals surface area contributed by atoms with Gasteiger partial charge in [-0.3, -0.25) is 0 Å². The Morgan fingerprint density at radius 3 is 2.67 bits per heavy atom. The van der Waals surface area contributed by atoms with Gasteiger partial charge in [0.05, 0.1) is 11.2 Å². The Bertz CT molecular complexity index is 490. The number of hydrogen-bond acceptors (Lipinski definition) is 5. The predicted octanol–water partition coefficient (Wildman–Crippen LogP) is 1.20. The zero-order chi connectivity index (χ0) is 13.2. The SMILES string of the molecule is Cc1ncc(S(=O)(=O)N2CCC(CCN)CC2)s1. The molecule has 0 unspecified atom stereocenters. The lowest BCUT2D eigenvalue weighted by Gasteiger charge is -2.30. The number of thiazole rings is 1. The zero-order valence-corrected chi connectivity index (χ0v) is 12.1. The number of piperidine rings is 1. The summed E-state index contributed by atoms with van der Waals surface area (Å²) in [6.45, 7) is 3.70. The molecular weight excluding hydrogens is 270 g/mol. The Morgan fingerprint density at radius 1 is 1.50 bits per heavy atom. The molecule has 1 aromatic heterocycles. The highest BCUT2D eigenvalue weighted by Crippen LogP contribution is 2.27. The van der Waals surface area contributed by atoms with E-state index in [1.165, 1.54) is 17.5 Å². The Hall–Kier alpha value is -0.500. The van der Waals surface area contributed by atoms with Gasteiger partial charge in [-0.05, 0) is 38.6 Å². The molecule has 0 aliphatic carbocycles. The Kier molecular flexibility index (Phi) is 4.37. The van der Waals surface area contributed by atoms with Crippen molar-refractivity contribution in [3.63, 3.8) is 0 Å². The van der Waals surface area contributed by atoms with Gasteiger partial charge in [0.2, 0.25) is 0 Å². The smallest absolute Gasteiger partial charge is 0.254 e. The minimum Gasteiger partial charge on any atom is -0.330 e. The third-order valence-electron chi connectivity index (χ3n) is 3.34. The normalized spacial score (nSPS) is 19.2. The Balaban J connectivity index is 2.05. The minimum atomic E-state index is -3.32. The van der Waals surface area contributed by atoms with Gasteiger partial charge in [-0.2, -0.15) is 4.31 Å². The maximum absolute atomic E-state index is 12.3. The first kappa shape index (κ1) is 13.9. The summed E-state index contributed by atoms with van der Waals surface area (Å²) in [4.78, 5) is 4.02. The van der Waals surface area contributed by atoms with E-state index in [4.69, 9.17) is 5.73 Å². The number of aryl methyl sites for hydroxylation is 1. The number of rotatable bonds is 4. The van der Waals surface area contributed by atoms with Crippen molar-refractivity contribution in [2.45, 2.75) is 30.4 Å². The van der Waals surface area contributed by atoms with Crippen LogP contribution < -0.4 is 5.73 Å². The fraction of sp³-hybridized carbons (Fsp3) is 0.727. The lowest BCUT2D eigenvalue weighted by molar-refractivity contribution is 0.266. The van der Waals surface area contributed by atoms with Gasteiger partial charge in [-0.1, -0.05) is 0 Å². The molecule has 18 heavy (non-hydrogen) atoms. The topological polar surface area (TPSA) is 76.3 Å². The van der Waals surface area contributed by atoms with Gasteiger partial charge >= 0.3 is 0 Å². The standard InChI is InChI=1S/C11H19N3O2S2/c1-9-13-8-11(17-9)18(15,16)14-6-3-10(2-5-12)4-7-14/h8,10H,2-7,12H2,1H3. The highest BCUT2D eigenvalue weighted by atomic mass is 32.2. The molecule has 102 valence electrons. The van der Waals surface area contributed by atoms with E-state index in [1.54, 1.807) is 4.31 Å². The molecule has 0 saturated carbocycles. The van der Waals surface area contributed by atoms with E-state index in [0.717, 1.165) is 24.3 Å². The van der Waals surface area contributed by atoms with Crippen LogP contribution in [0.4, 0.5) is 0 Å². The molecule has 0 bridgehead atoms. The summed E-state index contributed by atoms with van der Waals surface area (Å²) >= 11 is 1.24. The van der Waals surface area contributed by atoms with Gasteiger partial charge in [-0.25, -0.2) is 13.4 Å². The maximum Gasteiger partial charge on any atom is 0.254 e. The molecule has 5 nitrogen and oxygen atoms in total. The van der Waals surface area contributed by atoms with Crippen LogP contribution in [0.3, 0.4) is 0 Å². The van der Waals surface area contributed by atoms with E-state index in [1.807, 2.05) is 6.92 Å². The molecule has 0 atom stereocenters. The van der Waals surface area contributed by atoms with Crippen LogP contribution in [-0.2, 0) is 10.0 Å². The van der Waals surface area contributed by atoms with Crippen LogP contribution in [0.2, 0.25) is 0 Å². The summed E-state index contributed by atoms with van der Waals surface area (Å²) in [5, 5.41) is 0.784. The van der Waals surface area contributed by atoms with Crippen molar-refractivity contribution in [3.05, 3.63) is 11.2 Å². The first-order valence-corrected chi connectivity index (χ1v) is 8.42. The van der Waals surface area contributed by atoms with E-state index in [-0.39, 0.29) is 0 Å². The van der Waals surface area contributed by atoms with Gasteiger partial charge in [0.15, 0.2) is 4.21 Å². The van der Waals surface area contributed by atoms with Crippen molar-refractivity contribution in [3.8, 4) is 0 Å². The molecule has 1 aliphatic rings. The van der Waals surface area contributed by atoms with Crippen LogP contribution in [0.5, 0.6) is 0 Å². The highest BCUT2D eigenvalue weighted by molar-refractivity contribution is 7.91. The largest absolute Gasteiger partial charge is 0.330 e. The quantitative estimate of drug-likeness (QED) is 0.903. The number of sulfonamides is 1. The molecule has 0 radical (unpaired) electrons. The molecule has 2 heterocycles. The van der Waals surface area contributed by atoms with E-state index in [9.17, 15) is 8.42 Å². The molecule has 1 aromatic rings. The first-order valence-electron chi connectivity index (χ1n) is 6.16. The van der Waals surface area contributed by atoms with Gasteiger partial charge in [0.1, 0.15) is 0 Å². The van der Waals surface area contributed by atoms with Crippen molar-refractivity contribution in [2.75, 3.05) is 19.6 Å². The molecular formula is C11H19N3O2S2. The van der Waals surface area contributed by atoms with E-state index in [0.29, 0.717) is 29.8 Å². The number of hydrogen-bond donors (Lipinski definition) is 1. The van der Waals surface area contributed by atoms with Crippen LogP contribution in [-0.4, -0.2) is 37.3 Å². The fourth-order valence-corrected chi connectivity index (χ4v) is 5.00. The molecule has 1 saturated heterocycles. The molecule has 0 aromatic carbocycles. The summed E-state index contributed by atoms with van der Waals surface area (Å²) in [5.41, 5.74) is 5.54. The molecule has 0 spiro atoms. The average molecular weight is 289 g/mol. The van der Waals surface area contributed by atoms with Gasteiger partial charge in [0.25, 0.3) is 10.0 Å². The third kappa shape index (κ3) is 2.90. The van der Waals surface area contributed by atoms with E-state index < -0.39 is 10.0 Å². The average Bonchev–Trinajstić information content (AvgIpc) is 2.78. The minimum absolute atomic E-state index is 0.359. The van der Waals surface area contributed by atoms with Crippen LogP contribution in [0.25, 0.3) is 0 Å². The summed E-state index contributed by atoms with van der Waals surface area (Å²) < 4.78 is 26.6. The zero-order valence-electron chi connectivity index (χ0n) is 10.5. The molecule has 2 rings (SSSR count). The maximum atomic E-state index is 12.3. The lowest BCUT2D eigenvalue weighted by atomic mass is 9.95. The fourth-order valence-electron chi connectivity index (χ4n) is 2.26. The molecule has 0 amide bonds. The van der Waals surface area contributed by atoms with Crippen LogP contribution in [0, 0.1) is 12.8 Å². The first-order chi connectivity index (χ1) is 8.54. The Labute approximate surface area is 112 Å². The highest BCUT2D eigenvalue weighted by Gasteiger charge is 2.30. The summed E-state index contributed by atoms with van der Waals surface area (Å²) in [7, 11) is -3.32. The summed E-state index contributed by atoms with van der Waals surface area (Å²) in [6.07, 6.45) is 4.28. The van der Waals surface area contributed by atoms with Crippen molar-refractivity contribution >= 4 is 21.4 Å². The summed E-state index contributed by atoms with van der Waals surface area (Å²) in [6, 6.07) is 0. The predicted molar refractivity (Wildman–Crippen MR) is 72.0 cm³/mol. The van der Waals surface area contributed by atoms with E-state index >= 15 is 0 Å². The second-order valence-corrected chi connectivity index (χ2v) is 8.02. The lowest BCUT2D eigenvalue weighted by Crippen LogP contribution is -2.38. The monoisotopic (exact) mass is 289 g/mol. The number of aromatic nitrogens is 1. The number of nitrogens with zero attached hydrogens (tertiary/aromatic N) is 2. The van der Waals surface area contributed by atoms with Gasteiger partial charge in [-0.15, -0.1) is 11.3 Å². The molecule has 7 heteroatoms.